The van der Waals surface area contributed by atoms with Crippen LogP contribution in [0.2, 0.25) is 0 Å². The zero-order valence-electron chi connectivity index (χ0n) is 4.40. The molecule has 0 radical (unpaired) electrons. The molecule has 0 heterocycles. The molecule has 0 amide bonds. The summed E-state index contributed by atoms with van der Waals surface area (Å²) < 4.78 is 4.74. The largest absolute Gasteiger partial charge is 0.379 e. The first kappa shape index (κ1) is 5.92. The molecule has 0 aromatic carbocycles. The molecule has 2 nitrogen and oxygen atoms in total. The van der Waals surface area contributed by atoms with Crippen molar-refractivity contribution in [1.82, 2.24) is 0 Å². The molecule has 1 atom stereocenters. The summed E-state index contributed by atoms with van der Waals surface area (Å²) in [4.78, 5) is 0. The van der Waals surface area contributed by atoms with E-state index in [-0.39, 0.29) is 0 Å². The number of quaternary nitrogens is 1. The van der Waals surface area contributed by atoms with Crippen molar-refractivity contribution in [3.8, 4) is 0 Å². The standard InChI is InChI=1S/C4H11NO/c1-4(5)3-6-2/h4H,3,5H2,1-2H3/p+1/t4-/m0/s1. The van der Waals surface area contributed by atoms with Crippen molar-refractivity contribution >= 4 is 0 Å². The van der Waals surface area contributed by atoms with Crippen LogP contribution in [0.5, 0.6) is 0 Å². The minimum atomic E-state index is 0.426. The molecule has 0 bridgehead atoms. The molecular weight excluding hydrogens is 78.0 g/mol. The molecule has 3 N–H and O–H groups in total. The van der Waals surface area contributed by atoms with E-state index in [0.717, 1.165) is 6.61 Å². The smallest absolute Gasteiger partial charge is 0.105 e. The van der Waals surface area contributed by atoms with Crippen LogP contribution in [0.15, 0.2) is 0 Å². The summed E-state index contributed by atoms with van der Waals surface area (Å²) in [6.45, 7) is 2.78. The van der Waals surface area contributed by atoms with Crippen LogP contribution in [-0.2, 0) is 4.74 Å². The lowest BCUT2D eigenvalue weighted by Gasteiger charge is -1.95. The highest BCUT2D eigenvalue weighted by atomic mass is 16.5. The number of hydrogen-bond acceptors (Lipinski definition) is 1. The molecule has 0 saturated heterocycles. The van der Waals surface area contributed by atoms with E-state index < -0.39 is 0 Å². The molecule has 0 fully saturated rings. The zero-order valence-corrected chi connectivity index (χ0v) is 4.40. The molecule has 0 unspecified atom stereocenters. The monoisotopic (exact) mass is 90.1 g/mol. The SMILES string of the molecule is COC[C@H](C)[NH3+]. The molecule has 0 aliphatic rings. The molecule has 0 aliphatic heterocycles. The van der Waals surface area contributed by atoms with Gasteiger partial charge in [0.25, 0.3) is 0 Å². The Labute approximate surface area is 38.3 Å². The quantitative estimate of drug-likeness (QED) is 0.476. The third kappa shape index (κ3) is 3.92. The first-order valence-corrected chi connectivity index (χ1v) is 2.09. The van der Waals surface area contributed by atoms with Crippen molar-refractivity contribution in [3.05, 3.63) is 0 Å². The molecular formula is C4H12NO+. The maximum atomic E-state index is 4.74. The van der Waals surface area contributed by atoms with Crippen LogP contribution in [0, 0.1) is 0 Å². The first-order chi connectivity index (χ1) is 2.77. The van der Waals surface area contributed by atoms with E-state index in [1.807, 2.05) is 6.92 Å². The van der Waals surface area contributed by atoms with E-state index in [9.17, 15) is 0 Å². The molecule has 0 spiro atoms. The number of rotatable bonds is 2. The van der Waals surface area contributed by atoms with Crippen molar-refractivity contribution in [1.29, 1.82) is 0 Å². The van der Waals surface area contributed by atoms with E-state index in [4.69, 9.17) is 4.74 Å². The fraction of sp³-hybridized carbons (Fsp3) is 1.00. The number of methoxy groups -OCH3 is 1. The second-order valence-electron chi connectivity index (χ2n) is 1.56. The van der Waals surface area contributed by atoms with E-state index in [1.54, 1.807) is 7.11 Å². The molecule has 6 heavy (non-hydrogen) atoms. The van der Waals surface area contributed by atoms with Crippen molar-refractivity contribution in [2.75, 3.05) is 13.7 Å². The Morgan fingerprint density at radius 2 is 2.33 bits per heavy atom. The second-order valence-corrected chi connectivity index (χ2v) is 1.56. The lowest BCUT2D eigenvalue weighted by atomic mass is 10.4. The molecule has 2 heteroatoms. The summed E-state index contributed by atoms with van der Waals surface area (Å²) in [6.07, 6.45) is 0. The van der Waals surface area contributed by atoms with Gasteiger partial charge in [0, 0.05) is 7.11 Å². The zero-order chi connectivity index (χ0) is 4.99. The third-order valence-corrected chi connectivity index (χ3v) is 0.451. The maximum absolute atomic E-state index is 4.74. The van der Waals surface area contributed by atoms with Crippen LogP contribution in [0.3, 0.4) is 0 Å². The van der Waals surface area contributed by atoms with Crippen LogP contribution in [0.25, 0.3) is 0 Å². The van der Waals surface area contributed by atoms with Crippen molar-refractivity contribution in [2.45, 2.75) is 13.0 Å². The highest BCUT2D eigenvalue weighted by Crippen LogP contribution is 1.68. The Balaban J connectivity index is 2.63. The summed E-state index contributed by atoms with van der Waals surface area (Å²) in [7, 11) is 1.68. The summed E-state index contributed by atoms with van der Waals surface area (Å²) in [5.74, 6) is 0. The Hall–Kier alpha value is -0.0800. The van der Waals surface area contributed by atoms with Gasteiger partial charge in [0.15, 0.2) is 0 Å². The molecule has 38 valence electrons. The molecule has 0 aromatic heterocycles. The average Bonchev–Trinajstić information content (AvgIpc) is 1.35. The summed E-state index contributed by atoms with van der Waals surface area (Å²) in [5, 5.41) is 0. The molecule has 0 aromatic rings. The van der Waals surface area contributed by atoms with Gasteiger partial charge in [-0.2, -0.15) is 0 Å². The van der Waals surface area contributed by atoms with Gasteiger partial charge in [-0.3, -0.25) is 0 Å². The highest BCUT2D eigenvalue weighted by Gasteiger charge is 1.90. The Morgan fingerprint density at radius 3 is 2.33 bits per heavy atom. The van der Waals surface area contributed by atoms with Crippen LogP contribution in [0.1, 0.15) is 6.92 Å². The number of hydrogen-bond donors (Lipinski definition) is 1. The fourth-order valence-electron chi connectivity index (χ4n) is 0.285. The van der Waals surface area contributed by atoms with Gasteiger partial charge in [0.2, 0.25) is 0 Å². The normalized spacial score (nSPS) is 14.5. The Morgan fingerprint density at radius 1 is 1.83 bits per heavy atom. The van der Waals surface area contributed by atoms with Gasteiger partial charge >= 0.3 is 0 Å². The maximum Gasteiger partial charge on any atom is 0.105 e. The summed E-state index contributed by atoms with van der Waals surface area (Å²) >= 11 is 0. The van der Waals surface area contributed by atoms with Gasteiger partial charge in [-0.1, -0.05) is 0 Å². The molecule has 0 rings (SSSR count). The van der Waals surface area contributed by atoms with Crippen LogP contribution < -0.4 is 5.73 Å². The van der Waals surface area contributed by atoms with Gasteiger partial charge in [-0.25, -0.2) is 0 Å². The first-order valence-electron chi connectivity index (χ1n) is 2.09. The molecule has 0 saturated carbocycles. The summed E-state index contributed by atoms with van der Waals surface area (Å²) in [5.41, 5.74) is 3.70. The summed E-state index contributed by atoms with van der Waals surface area (Å²) in [6, 6.07) is 0.426. The Kier molecular flexibility index (Phi) is 3.08. The van der Waals surface area contributed by atoms with E-state index in [1.165, 1.54) is 0 Å². The van der Waals surface area contributed by atoms with Crippen LogP contribution in [-0.4, -0.2) is 19.8 Å². The minimum Gasteiger partial charge on any atom is -0.379 e. The van der Waals surface area contributed by atoms with Gasteiger partial charge in [0.1, 0.15) is 6.04 Å². The van der Waals surface area contributed by atoms with Crippen molar-refractivity contribution in [2.24, 2.45) is 0 Å². The molecule has 0 aliphatic carbocycles. The number of ether oxygens (including phenoxy) is 1. The van der Waals surface area contributed by atoms with Crippen LogP contribution in [0.4, 0.5) is 0 Å². The lowest BCUT2D eigenvalue weighted by molar-refractivity contribution is -0.420. The van der Waals surface area contributed by atoms with Crippen LogP contribution >= 0.6 is 0 Å². The predicted molar refractivity (Wildman–Crippen MR) is 24.2 cm³/mol. The predicted octanol–water partition coefficient (Wildman–Crippen LogP) is -0.737. The minimum absolute atomic E-state index is 0.426. The van der Waals surface area contributed by atoms with Gasteiger partial charge in [-0.05, 0) is 6.92 Å². The van der Waals surface area contributed by atoms with Crippen molar-refractivity contribution < 1.29 is 10.5 Å². The van der Waals surface area contributed by atoms with Gasteiger partial charge in [-0.15, -0.1) is 0 Å². The topological polar surface area (TPSA) is 36.9 Å². The van der Waals surface area contributed by atoms with E-state index >= 15 is 0 Å². The highest BCUT2D eigenvalue weighted by molar-refractivity contribution is 4.34. The average molecular weight is 90.1 g/mol. The fourth-order valence-corrected chi connectivity index (χ4v) is 0.285. The van der Waals surface area contributed by atoms with Crippen molar-refractivity contribution in [3.63, 3.8) is 0 Å². The van der Waals surface area contributed by atoms with Gasteiger partial charge < -0.3 is 10.5 Å². The third-order valence-electron chi connectivity index (χ3n) is 0.451. The van der Waals surface area contributed by atoms with Gasteiger partial charge in [0.05, 0.1) is 6.61 Å². The Bertz CT molecular complexity index is 28.7. The van der Waals surface area contributed by atoms with E-state index in [0.29, 0.717) is 6.04 Å². The van der Waals surface area contributed by atoms with E-state index in [2.05, 4.69) is 5.73 Å². The lowest BCUT2D eigenvalue weighted by Crippen LogP contribution is -2.61. The second kappa shape index (κ2) is 3.12.